The van der Waals surface area contributed by atoms with Crippen molar-refractivity contribution in [2.45, 2.75) is 32.4 Å². The minimum Gasteiger partial charge on any atom is -0.303 e. The second-order valence-corrected chi connectivity index (χ2v) is 7.78. The summed E-state index contributed by atoms with van der Waals surface area (Å²) in [6.45, 7) is 3.10. The summed E-state index contributed by atoms with van der Waals surface area (Å²) in [6, 6.07) is 4.81. The molecule has 2 nitrogen and oxygen atoms in total. The Morgan fingerprint density at radius 3 is 3.00 bits per heavy atom. The van der Waals surface area contributed by atoms with Crippen molar-refractivity contribution in [3.8, 4) is 0 Å². The van der Waals surface area contributed by atoms with Crippen LogP contribution in [0.4, 0.5) is 0 Å². The number of nitrogens with one attached hydrogen (secondary N) is 1. The van der Waals surface area contributed by atoms with E-state index in [1.54, 1.807) is 11.3 Å². The Labute approximate surface area is 124 Å². The van der Waals surface area contributed by atoms with Crippen LogP contribution in [0, 0.1) is 2.88 Å². The fourth-order valence-electron chi connectivity index (χ4n) is 1.70. The molecule has 2 aromatic rings. The van der Waals surface area contributed by atoms with E-state index in [4.69, 9.17) is 0 Å². The highest BCUT2D eigenvalue weighted by Gasteiger charge is 2.11. The molecule has 0 aliphatic carbocycles. The molecule has 0 amide bonds. The Hall–Kier alpha value is 0.0200. The Kier molecular flexibility index (Phi) is 5.40. The van der Waals surface area contributed by atoms with Gasteiger partial charge in [0.05, 0.1) is 9.08 Å². The van der Waals surface area contributed by atoms with Crippen LogP contribution in [0.25, 0.3) is 0 Å². The molecule has 1 atom stereocenters. The lowest BCUT2D eigenvalue weighted by molar-refractivity contribution is 0.500. The highest BCUT2D eigenvalue weighted by Crippen LogP contribution is 2.24. The van der Waals surface area contributed by atoms with Gasteiger partial charge in [-0.1, -0.05) is 19.4 Å². The molecule has 0 fully saturated rings. The van der Waals surface area contributed by atoms with Crippen LogP contribution in [0.2, 0.25) is 0 Å². The highest BCUT2D eigenvalue weighted by atomic mass is 127. The molecule has 0 bridgehead atoms. The van der Waals surface area contributed by atoms with Crippen molar-refractivity contribution in [1.82, 2.24) is 10.3 Å². The molecule has 2 rings (SSSR count). The number of nitrogens with zero attached hydrogens (tertiary/aromatic N) is 1. The molecule has 0 aliphatic heterocycles. The van der Waals surface area contributed by atoms with E-state index in [1.165, 1.54) is 25.6 Å². The summed E-state index contributed by atoms with van der Waals surface area (Å²) < 4.78 is 1.25. The summed E-state index contributed by atoms with van der Waals surface area (Å²) in [5.74, 6) is 0. The molecule has 0 aliphatic rings. The molecule has 0 saturated carbocycles. The molecule has 0 spiro atoms. The van der Waals surface area contributed by atoms with Crippen LogP contribution in [0.15, 0.2) is 23.7 Å². The quantitative estimate of drug-likeness (QED) is 0.752. The topological polar surface area (TPSA) is 24.9 Å². The fourth-order valence-corrected chi connectivity index (χ4v) is 4.03. The molecule has 2 aromatic heterocycles. The largest absolute Gasteiger partial charge is 0.303 e. The number of hydrogen-bond donors (Lipinski definition) is 1. The van der Waals surface area contributed by atoms with E-state index < -0.39 is 0 Å². The third-order valence-electron chi connectivity index (χ3n) is 2.49. The first-order chi connectivity index (χ1) is 8.29. The predicted octanol–water partition coefficient (Wildman–Crippen LogP) is 4.44. The van der Waals surface area contributed by atoms with Crippen LogP contribution < -0.4 is 5.32 Å². The van der Waals surface area contributed by atoms with E-state index in [0.29, 0.717) is 6.04 Å². The zero-order valence-corrected chi connectivity index (χ0v) is 13.4. The van der Waals surface area contributed by atoms with Gasteiger partial charge in [0.15, 0.2) is 0 Å². The van der Waals surface area contributed by atoms with Crippen LogP contribution >= 0.6 is 45.3 Å². The molecular weight excluding hydrogens is 363 g/mol. The fraction of sp³-hybridized carbons (Fsp3) is 0.417. The van der Waals surface area contributed by atoms with Crippen LogP contribution in [-0.2, 0) is 6.54 Å². The van der Waals surface area contributed by atoms with Gasteiger partial charge in [0.1, 0.15) is 5.01 Å². The SMILES string of the molecule is CCCC(NCc1ncc(I)s1)c1cccs1. The molecule has 2 heterocycles. The number of rotatable bonds is 6. The molecule has 1 N–H and O–H groups in total. The molecule has 0 aromatic carbocycles. The minimum atomic E-state index is 0.474. The van der Waals surface area contributed by atoms with E-state index >= 15 is 0 Å². The standard InChI is InChI=1S/C12H15IN2S2/c1-2-4-9(10-5-3-6-16-10)14-8-12-15-7-11(13)17-12/h3,5-7,9,14H,2,4,8H2,1H3. The van der Waals surface area contributed by atoms with Crippen molar-refractivity contribution in [1.29, 1.82) is 0 Å². The molecule has 92 valence electrons. The maximum absolute atomic E-state index is 4.38. The van der Waals surface area contributed by atoms with Gasteiger partial charge in [-0.05, 0) is 40.5 Å². The van der Waals surface area contributed by atoms with Crippen molar-refractivity contribution in [2.24, 2.45) is 0 Å². The summed E-state index contributed by atoms with van der Waals surface area (Å²) in [5.41, 5.74) is 0. The first-order valence-corrected chi connectivity index (χ1v) is 8.44. The van der Waals surface area contributed by atoms with Crippen molar-refractivity contribution in [2.75, 3.05) is 0 Å². The smallest absolute Gasteiger partial charge is 0.107 e. The van der Waals surface area contributed by atoms with E-state index in [0.717, 1.165) is 6.54 Å². The van der Waals surface area contributed by atoms with E-state index in [9.17, 15) is 0 Å². The number of aromatic nitrogens is 1. The Bertz CT molecular complexity index is 439. The van der Waals surface area contributed by atoms with Gasteiger partial charge in [-0.3, -0.25) is 0 Å². The van der Waals surface area contributed by atoms with Crippen molar-refractivity contribution in [3.63, 3.8) is 0 Å². The number of halogens is 1. The lowest BCUT2D eigenvalue weighted by Crippen LogP contribution is -2.19. The molecule has 0 radical (unpaired) electrons. The average Bonchev–Trinajstić information content (AvgIpc) is 2.95. The second kappa shape index (κ2) is 6.82. The molecule has 1 unspecified atom stereocenters. The van der Waals surface area contributed by atoms with Crippen molar-refractivity contribution in [3.05, 3.63) is 36.5 Å². The Balaban J connectivity index is 1.94. The second-order valence-electron chi connectivity index (χ2n) is 3.80. The normalized spacial score (nSPS) is 12.8. The van der Waals surface area contributed by atoms with Gasteiger partial charge in [-0.15, -0.1) is 22.7 Å². The van der Waals surface area contributed by atoms with Gasteiger partial charge in [0.25, 0.3) is 0 Å². The summed E-state index contributed by atoms with van der Waals surface area (Å²) >= 11 is 5.91. The van der Waals surface area contributed by atoms with Gasteiger partial charge in [-0.2, -0.15) is 0 Å². The Morgan fingerprint density at radius 1 is 1.53 bits per heavy atom. The van der Waals surface area contributed by atoms with E-state index in [1.807, 2.05) is 17.5 Å². The zero-order valence-electron chi connectivity index (χ0n) is 9.65. The summed E-state index contributed by atoms with van der Waals surface area (Å²) in [7, 11) is 0. The first kappa shape index (κ1) is 13.5. The van der Waals surface area contributed by atoms with Gasteiger partial charge in [0, 0.05) is 17.5 Å². The molecule has 5 heteroatoms. The van der Waals surface area contributed by atoms with Crippen LogP contribution in [-0.4, -0.2) is 4.98 Å². The van der Waals surface area contributed by atoms with Gasteiger partial charge < -0.3 is 5.32 Å². The number of thiazole rings is 1. The first-order valence-electron chi connectivity index (χ1n) is 5.66. The van der Waals surface area contributed by atoms with E-state index in [-0.39, 0.29) is 0 Å². The molecule has 0 saturated heterocycles. The average molecular weight is 378 g/mol. The minimum absolute atomic E-state index is 0.474. The van der Waals surface area contributed by atoms with Crippen LogP contribution in [0.1, 0.15) is 35.7 Å². The maximum Gasteiger partial charge on any atom is 0.107 e. The van der Waals surface area contributed by atoms with Crippen molar-refractivity contribution < 1.29 is 0 Å². The molecular formula is C12H15IN2S2. The van der Waals surface area contributed by atoms with E-state index in [2.05, 4.69) is 57.3 Å². The van der Waals surface area contributed by atoms with Gasteiger partial charge >= 0.3 is 0 Å². The zero-order chi connectivity index (χ0) is 12.1. The third kappa shape index (κ3) is 4.01. The summed E-state index contributed by atoms with van der Waals surface area (Å²) in [4.78, 5) is 5.81. The number of thiophene rings is 1. The van der Waals surface area contributed by atoms with Crippen molar-refractivity contribution >= 4 is 45.3 Å². The van der Waals surface area contributed by atoms with Gasteiger partial charge in [-0.25, -0.2) is 4.98 Å². The monoisotopic (exact) mass is 378 g/mol. The lowest BCUT2D eigenvalue weighted by atomic mass is 10.1. The summed E-state index contributed by atoms with van der Waals surface area (Å²) in [6.07, 6.45) is 4.32. The van der Waals surface area contributed by atoms with Gasteiger partial charge in [0.2, 0.25) is 0 Å². The number of hydrogen-bond acceptors (Lipinski definition) is 4. The lowest BCUT2D eigenvalue weighted by Gasteiger charge is -2.15. The van der Waals surface area contributed by atoms with Crippen LogP contribution in [0.5, 0.6) is 0 Å². The maximum atomic E-state index is 4.38. The molecule has 17 heavy (non-hydrogen) atoms. The predicted molar refractivity (Wildman–Crippen MR) is 83.6 cm³/mol. The third-order valence-corrected chi connectivity index (χ3v) is 5.20. The Morgan fingerprint density at radius 2 is 2.41 bits per heavy atom. The highest BCUT2D eigenvalue weighted by molar-refractivity contribution is 14.1. The summed E-state index contributed by atoms with van der Waals surface area (Å²) in [5, 5.41) is 6.93. The van der Waals surface area contributed by atoms with Crippen LogP contribution in [0.3, 0.4) is 0 Å².